The molecule has 0 bridgehead atoms. The van der Waals surface area contributed by atoms with Crippen LogP contribution in [0.15, 0.2) is 35.2 Å². The van der Waals surface area contributed by atoms with E-state index >= 15 is 0 Å². The highest BCUT2D eigenvalue weighted by Gasteiger charge is 2.48. The van der Waals surface area contributed by atoms with Crippen LogP contribution in [0.25, 0.3) is 0 Å². The van der Waals surface area contributed by atoms with Crippen molar-refractivity contribution in [2.45, 2.75) is 32.3 Å². The Morgan fingerprint density at radius 1 is 1.33 bits per heavy atom. The van der Waals surface area contributed by atoms with Crippen LogP contribution in [0, 0.1) is 5.41 Å². The molecule has 1 heterocycles. The minimum absolute atomic E-state index is 0.347. The first-order valence-corrected chi connectivity index (χ1v) is 8.69. The molecule has 1 aromatic heterocycles. The summed E-state index contributed by atoms with van der Waals surface area (Å²) in [5.41, 5.74) is 1.80. The third kappa shape index (κ3) is 3.41. The first kappa shape index (κ1) is 16.4. The molecule has 0 atom stereocenters. The molecule has 1 aliphatic carbocycles. The van der Waals surface area contributed by atoms with E-state index in [1.54, 1.807) is 29.8 Å². The topological polar surface area (TPSA) is 88.5 Å². The molecule has 24 heavy (non-hydrogen) atoms. The number of nitrogens with one attached hydrogen (secondary N) is 1. The van der Waals surface area contributed by atoms with Gasteiger partial charge < -0.3 is 15.2 Å². The second-order valence-electron chi connectivity index (χ2n) is 5.84. The lowest BCUT2D eigenvalue weighted by Crippen LogP contribution is -2.40. The zero-order chi connectivity index (χ0) is 17.0. The molecule has 0 aliphatic heterocycles. The summed E-state index contributed by atoms with van der Waals surface area (Å²) in [5.74, 6) is -0.908. The number of carboxylic acids is 1. The number of hydrogen-bond acceptors (Lipinski definition) is 5. The highest BCUT2D eigenvalue weighted by Crippen LogP contribution is 2.39. The van der Waals surface area contributed by atoms with Gasteiger partial charge in [0.2, 0.25) is 5.91 Å². The zero-order valence-corrected chi connectivity index (χ0v) is 13.8. The van der Waals surface area contributed by atoms with Crippen molar-refractivity contribution in [1.82, 2.24) is 4.98 Å². The summed E-state index contributed by atoms with van der Waals surface area (Å²) in [6.45, 7) is 0.347. The average molecular weight is 346 g/mol. The summed E-state index contributed by atoms with van der Waals surface area (Å²) in [7, 11) is 0. The van der Waals surface area contributed by atoms with Crippen LogP contribution in [-0.2, 0) is 16.2 Å². The Kier molecular flexibility index (Phi) is 4.80. The molecule has 0 radical (unpaired) electrons. The number of rotatable bonds is 6. The predicted molar refractivity (Wildman–Crippen MR) is 90.1 cm³/mol. The Balaban J connectivity index is 1.67. The largest absolute Gasteiger partial charge is 0.487 e. The van der Waals surface area contributed by atoms with Crippen LogP contribution in [0.3, 0.4) is 0 Å². The number of carbonyl (C=O) groups is 2. The molecule has 1 fully saturated rings. The summed E-state index contributed by atoms with van der Waals surface area (Å²) in [6.07, 6.45) is 2.29. The Bertz CT molecular complexity index is 724. The summed E-state index contributed by atoms with van der Waals surface area (Å²) >= 11 is 1.50. The van der Waals surface area contributed by atoms with Gasteiger partial charge in [-0.05, 0) is 25.0 Å². The standard InChI is InChI=1S/C17H18N2O4S/c20-15(17(16(21)22)6-1-2-7-17)19-12-4-3-5-14(8-12)23-9-13-10-24-11-18-13/h3-5,8,10-11H,1-2,6-7,9H2,(H,19,20)(H,21,22). The van der Waals surface area contributed by atoms with E-state index in [4.69, 9.17) is 4.74 Å². The number of thiazole rings is 1. The molecule has 2 aromatic rings. The van der Waals surface area contributed by atoms with Gasteiger partial charge in [0, 0.05) is 17.1 Å². The number of amides is 1. The molecule has 7 heteroatoms. The van der Waals surface area contributed by atoms with Crippen molar-refractivity contribution < 1.29 is 19.4 Å². The number of carboxylic acid groups (broad SMARTS) is 1. The van der Waals surface area contributed by atoms with Gasteiger partial charge in [0.25, 0.3) is 0 Å². The van der Waals surface area contributed by atoms with Crippen molar-refractivity contribution in [1.29, 1.82) is 0 Å². The quantitative estimate of drug-likeness (QED) is 0.784. The summed E-state index contributed by atoms with van der Waals surface area (Å²) < 4.78 is 5.65. The number of aromatic nitrogens is 1. The fourth-order valence-corrected chi connectivity index (χ4v) is 3.44. The molecule has 1 amide bonds. The number of anilines is 1. The Morgan fingerprint density at radius 2 is 2.12 bits per heavy atom. The van der Waals surface area contributed by atoms with Crippen molar-refractivity contribution in [2.75, 3.05) is 5.32 Å². The van der Waals surface area contributed by atoms with Gasteiger partial charge in [0.15, 0.2) is 0 Å². The van der Waals surface area contributed by atoms with Gasteiger partial charge in [-0.2, -0.15) is 0 Å². The molecule has 1 aromatic carbocycles. The normalized spacial score (nSPS) is 15.8. The first-order chi connectivity index (χ1) is 11.6. The van der Waals surface area contributed by atoms with E-state index in [0.717, 1.165) is 18.5 Å². The molecule has 0 unspecified atom stereocenters. The fourth-order valence-electron chi connectivity index (χ4n) is 2.90. The monoisotopic (exact) mass is 346 g/mol. The van der Waals surface area contributed by atoms with E-state index in [1.165, 1.54) is 11.3 Å². The van der Waals surface area contributed by atoms with Crippen LogP contribution in [0.5, 0.6) is 5.75 Å². The van der Waals surface area contributed by atoms with E-state index in [-0.39, 0.29) is 0 Å². The van der Waals surface area contributed by atoms with Gasteiger partial charge in [0.1, 0.15) is 17.8 Å². The molecule has 3 rings (SSSR count). The van der Waals surface area contributed by atoms with E-state index in [0.29, 0.717) is 30.9 Å². The average Bonchev–Trinajstić information content (AvgIpc) is 3.25. The molecular formula is C17H18N2O4S. The predicted octanol–water partition coefficient (Wildman–Crippen LogP) is 3.31. The maximum absolute atomic E-state index is 12.5. The smallest absolute Gasteiger partial charge is 0.319 e. The lowest BCUT2D eigenvalue weighted by atomic mass is 9.85. The second kappa shape index (κ2) is 7.00. The number of benzene rings is 1. The summed E-state index contributed by atoms with van der Waals surface area (Å²) in [6, 6.07) is 6.95. The highest BCUT2D eigenvalue weighted by atomic mass is 32.1. The van der Waals surface area contributed by atoms with E-state index in [9.17, 15) is 14.7 Å². The van der Waals surface area contributed by atoms with Crippen LogP contribution < -0.4 is 10.1 Å². The number of carbonyl (C=O) groups excluding carboxylic acids is 1. The summed E-state index contributed by atoms with van der Waals surface area (Å²) in [4.78, 5) is 28.2. The van der Waals surface area contributed by atoms with Gasteiger partial charge in [0.05, 0.1) is 11.2 Å². The SMILES string of the molecule is O=C(O)C1(C(=O)Nc2cccc(OCc3cscn3)c2)CCCC1. The molecule has 126 valence electrons. The zero-order valence-electron chi connectivity index (χ0n) is 13.0. The minimum Gasteiger partial charge on any atom is -0.487 e. The number of ether oxygens (including phenoxy) is 1. The highest BCUT2D eigenvalue weighted by molar-refractivity contribution is 7.07. The van der Waals surface area contributed by atoms with Crippen molar-refractivity contribution in [3.63, 3.8) is 0 Å². The number of aliphatic carboxylic acids is 1. The molecule has 6 nitrogen and oxygen atoms in total. The van der Waals surface area contributed by atoms with Gasteiger partial charge in [-0.1, -0.05) is 18.9 Å². The van der Waals surface area contributed by atoms with Gasteiger partial charge in [-0.15, -0.1) is 11.3 Å². The van der Waals surface area contributed by atoms with E-state index < -0.39 is 17.3 Å². The fraction of sp³-hybridized carbons (Fsp3) is 0.353. The van der Waals surface area contributed by atoms with Crippen molar-refractivity contribution in [3.05, 3.63) is 40.8 Å². The van der Waals surface area contributed by atoms with Crippen molar-refractivity contribution in [3.8, 4) is 5.75 Å². The molecular weight excluding hydrogens is 328 g/mol. The lowest BCUT2D eigenvalue weighted by molar-refractivity contribution is -0.153. The molecule has 1 saturated carbocycles. The van der Waals surface area contributed by atoms with E-state index in [1.807, 2.05) is 5.38 Å². The van der Waals surface area contributed by atoms with Crippen molar-refractivity contribution >= 4 is 28.9 Å². The van der Waals surface area contributed by atoms with Crippen molar-refractivity contribution in [2.24, 2.45) is 5.41 Å². The third-order valence-corrected chi connectivity index (χ3v) is 4.90. The van der Waals surface area contributed by atoms with Crippen LogP contribution in [0.4, 0.5) is 5.69 Å². The first-order valence-electron chi connectivity index (χ1n) is 7.75. The molecule has 0 spiro atoms. The third-order valence-electron chi connectivity index (χ3n) is 4.26. The number of nitrogens with zero attached hydrogens (tertiary/aromatic N) is 1. The minimum atomic E-state index is -1.31. The van der Waals surface area contributed by atoms with Gasteiger partial charge in [-0.25, -0.2) is 4.98 Å². The van der Waals surface area contributed by atoms with Crippen LogP contribution in [-0.4, -0.2) is 22.0 Å². The lowest BCUT2D eigenvalue weighted by Gasteiger charge is -2.22. The molecule has 1 aliphatic rings. The Morgan fingerprint density at radius 3 is 2.79 bits per heavy atom. The molecule has 0 saturated heterocycles. The van der Waals surface area contributed by atoms with Crippen LogP contribution in [0.2, 0.25) is 0 Å². The Hall–Kier alpha value is -2.41. The maximum atomic E-state index is 12.5. The Labute approximate surface area is 143 Å². The number of hydrogen-bond donors (Lipinski definition) is 2. The van der Waals surface area contributed by atoms with Gasteiger partial charge >= 0.3 is 5.97 Å². The maximum Gasteiger partial charge on any atom is 0.319 e. The second-order valence-corrected chi connectivity index (χ2v) is 6.56. The van der Waals surface area contributed by atoms with Gasteiger partial charge in [-0.3, -0.25) is 9.59 Å². The summed E-state index contributed by atoms with van der Waals surface area (Å²) in [5, 5.41) is 14.1. The van der Waals surface area contributed by atoms with E-state index in [2.05, 4.69) is 10.3 Å². The van der Waals surface area contributed by atoms with Crippen LogP contribution in [0.1, 0.15) is 31.4 Å². The molecule has 2 N–H and O–H groups in total. The van der Waals surface area contributed by atoms with Crippen LogP contribution >= 0.6 is 11.3 Å².